The Morgan fingerprint density at radius 2 is 2.12 bits per heavy atom. The highest BCUT2D eigenvalue weighted by atomic mass is 16.4. The highest BCUT2D eigenvalue weighted by Crippen LogP contribution is 2.11. The molecule has 17 heavy (non-hydrogen) atoms. The second kappa shape index (κ2) is 4.41. The maximum absolute atomic E-state index is 10.7. The van der Waals surface area contributed by atoms with E-state index >= 15 is 0 Å². The van der Waals surface area contributed by atoms with E-state index < -0.39 is 5.97 Å². The van der Waals surface area contributed by atoms with Gasteiger partial charge in [0.1, 0.15) is 0 Å². The summed E-state index contributed by atoms with van der Waals surface area (Å²) in [5.41, 5.74) is 3.71. The van der Waals surface area contributed by atoms with Crippen molar-refractivity contribution in [3.8, 4) is 0 Å². The first-order chi connectivity index (χ1) is 8.06. The van der Waals surface area contributed by atoms with Gasteiger partial charge in [-0.1, -0.05) is 18.2 Å². The molecule has 0 spiro atoms. The van der Waals surface area contributed by atoms with E-state index in [1.165, 1.54) is 17.3 Å². The summed E-state index contributed by atoms with van der Waals surface area (Å²) in [6.45, 7) is 4.77. The molecule has 0 bridgehead atoms. The lowest BCUT2D eigenvalue weighted by atomic mass is 10.1. The largest absolute Gasteiger partial charge is 0.476 e. The summed E-state index contributed by atoms with van der Waals surface area (Å²) in [5, 5.41) is 8.77. The van der Waals surface area contributed by atoms with Crippen LogP contribution in [0.5, 0.6) is 0 Å². The molecule has 0 amide bonds. The van der Waals surface area contributed by atoms with Gasteiger partial charge >= 0.3 is 5.97 Å². The molecule has 1 N–H and O–H groups in total. The number of aromatic carboxylic acids is 1. The van der Waals surface area contributed by atoms with Crippen molar-refractivity contribution < 1.29 is 9.90 Å². The van der Waals surface area contributed by atoms with Crippen molar-refractivity contribution in [2.24, 2.45) is 0 Å². The fourth-order valence-electron chi connectivity index (χ4n) is 1.67. The zero-order valence-corrected chi connectivity index (χ0v) is 9.84. The van der Waals surface area contributed by atoms with Crippen molar-refractivity contribution in [2.75, 3.05) is 0 Å². The van der Waals surface area contributed by atoms with Gasteiger partial charge in [-0.2, -0.15) is 0 Å². The summed E-state index contributed by atoms with van der Waals surface area (Å²) in [6, 6.07) is 6.22. The second-order valence-corrected chi connectivity index (χ2v) is 4.16. The summed E-state index contributed by atoms with van der Waals surface area (Å²) in [7, 11) is 0. The first kappa shape index (κ1) is 11.4. The van der Waals surface area contributed by atoms with Crippen molar-refractivity contribution >= 4 is 5.97 Å². The van der Waals surface area contributed by atoms with Crippen molar-refractivity contribution in [1.82, 2.24) is 9.55 Å². The van der Waals surface area contributed by atoms with Gasteiger partial charge in [-0.15, -0.1) is 0 Å². The van der Waals surface area contributed by atoms with Gasteiger partial charge in [-0.3, -0.25) is 0 Å². The number of imidazole rings is 1. The van der Waals surface area contributed by atoms with Gasteiger partial charge in [0.15, 0.2) is 5.69 Å². The van der Waals surface area contributed by atoms with E-state index in [9.17, 15) is 4.79 Å². The first-order valence-corrected chi connectivity index (χ1v) is 5.37. The lowest BCUT2D eigenvalue weighted by molar-refractivity contribution is 0.0691. The number of benzene rings is 1. The van der Waals surface area contributed by atoms with Gasteiger partial charge in [-0.25, -0.2) is 9.78 Å². The van der Waals surface area contributed by atoms with E-state index in [1.54, 1.807) is 10.9 Å². The smallest absolute Gasteiger partial charge is 0.356 e. The van der Waals surface area contributed by atoms with E-state index in [1.807, 2.05) is 6.07 Å². The average molecular weight is 230 g/mol. The molecule has 0 saturated heterocycles. The topological polar surface area (TPSA) is 55.1 Å². The molecular formula is C13H14N2O2. The fraction of sp³-hybridized carbons (Fsp3) is 0.231. The van der Waals surface area contributed by atoms with Crippen LogP contribution in [-0.2, 0) is 6.54 Å². The zero-order valence-electron chi connectivity index (χ0n) is 9.84. The summed E-state index contributed by atoms with van der Waals surface area (Å²) in [4.78, 5) is 14.5. The number of hydrogen-bond donors (Lipinski definition) is 1. The second-order valence-electron chi connectivity index (χ2n) is 4.16. The minimum atomic E-state index is -0.996. The minimum Gasteiger partial charge on any atom is -0.476 e. The van der Waals surface area contributed by atoms with Crippen LogP contribution in [0.3, 0.4) is 0 Å². The normalized spacial score (nSPS) is 10.5. The molecule has 2 aromatic rings. The molecule has 2 rings (SSSR count). The fourth-order valence-corrected chi connectivity index (χ4v) is 1.67. The molecule has 0 aliphatic heterocycles. The van der Waals surface area contributed by atoms with Crippen LogP contribution in [-0.4, -0.2) is 20.6 Å². The number of aryl methyl sites for hydroxylation is 2. The number of nitrogens with zero attached hydrogens (tertiary/aromatic N) is 2. The molecule has 4 nitrogen and oxygen atoms in total. The third-order valence-electron chi connectivity index (χ3n) is 2.79. The third kappa shape index (κ3) is 2.53. The number of carboxylic acids is 1. The highest BCUT2D eigenvalue weighted by molar-refractivity contribution is 5.84. The molecule has 0 fully saturated rings. The van der Waals surface area contributed by atoms with Crippen LogP contribution in [0, 0.1) is 13.8 Å². The number of aromatic nitrogens is 2. The molecule has 0 aliphatic carbocycles. The van der Waals surface area contributed by atoms with Gasteiger partial charge in [0, 0.05) is 12.7 Å². The maximum atomic E-state index is 10.7. The molecular weight excluding hydrogens is 216 g/mol. The average Bonchev–Trinajstić information content (AvgIpc) is 2.72. The van der Waals surface area contributed by atoms with E-state index in [2.05, 4.69) is 31.0 Å². The van der Waals surface area contributed by atoms with Crippen molar-refractivity contribution in [3.05, 3.63) is 53.1 Å². The molecule has 0 atom stereocenters. The number of carboxylic acid groups (broad SMARTS) is 1. The molecule has 1 aromatic heterocycles. The van der Waals surface area contributed by atoms with Crippen LogP contribution in [0.25, 0.3) is 0 Å². The maximum Gasteiger partial charge on any atom is 0.356 e. The highest BCUT2D eigenvalue weighted by Gasteiger charge is 2.06. The Labute approximate surface area is 99.5 Å². The Bertz CT molecular complexity index is 558. The van der Waals surface area contributed by atoms with Crippen molar-refractivity contribution in [3.63, 3.8) is 0 Å². The zero-order chi connectivity index (χ0) is 12.4. The summed E-state index contributed by atoms with van der Waals surface area (Å²) in [6.07, 6.45) is 3.08. The molecule has 0 aliphatic rings. The summed E-state index contributed by atoms with van der Waals surface area (Å²) in [5.74, 6) is -0.996. The van der Waals surface area contributed by atoms with Gasteiger partial charge in [-0.05, 0) is 30.5 Å². The Hall–Kier alpha value is -2.10. The summed E-state index contributed by atoms with van der Waals surface area (Å²) < 4.78 is 1.77. The minimum absolute atomic E-state index is 0.0776. The lowest BCUT2D eigenvalue weighted by Crippen LogP contribution is -1.99. The van der Waals surface area contributed by atoms with E-state index in [4.69, 9.17) is 5.11 Å². The van der Waals surface area contributed by atoms with Crippen molar-refractivity contribution in [2.45, 2.75) is 20.4 Å². The predicted molar refractivity (Wildman–Crippen MR) is 64.2 cm³/mol. The SMILES string of the molecule is Cc1ccc(Cn2cnc(C(=O)O)c2)cc1C. The third-order valence-corrected chi connectivity index (χ3v) is 2.79. The standard InChI is InChI=1S/C13H14N2O2/c1-9-3-4-11(5-10(9)2)6-15-7-12(13(16)17)14-8-15/h3-5,7-8H,6H2,1-2H3,(H,16,17). The van der Waals surface area contributed by atoms with Crippen LogP contribution in [0.1, 0.15) is 27.2 Å². The first-order valence-electron chi connectivity index (χ1n) is 5.37. The molecule has 0 unspecified atom stereocenters. The molecule has 88 valence electrons. The van der Waals surface area contributed by atoms with Crippen LogP contribution < -0.4 is 0 Å². The van der Waals surface area contributed by atoms with Gasteiger partial charge in [0.25, 0.3) is 0 Å². The Kier molecular flexibility index (Phi) is 2.95. The Morgan fingerprint density at radius 1 is 1.35 bits per heavy atom. The van der Waals surface area contributed by atoms with E-state index in [0.29, 0.717) is 6.54 Å². The number of hydrogen-bond acceptors (Lipinski definition) is 2. The summed E-state index contributed by atoms with van der Waals surface area (Å²) >= 11 is 0. The number of rotatable bonds is 3. The van der Waals surface area contributed by atoms with Crippen LogP contribution in [0.4, 0.5) is 0 Å². The van der Waals surface area contributed by atoms with Crippen LogP contribution in [0.15, 0.2) is 30.7 Å². The number of carbonyl (C=O) groups is 1. The van der Waals surface area contributed by atoms with Crippen LogP contribution in [0.2, 0.25) is 0 Å². The molecule has 0 radical (unpaired) electrons. The van der Waals surface area contributed by atoms with E-state index in [0.717, 1.165) is 5.56 Å². The predicted octanol–water partition coefficient (Wildman–Crippen LogP) is 2.25. The van der Waals surface area contributed by atoms with Crippen molar-refractivity contribution in [1.29, 1.82) is 0 Å². The molecule has 1 aromatic carbocycles. The van der Waals surface area contributed by atoms with Crippen LogP contribution >= 0.6 is 0 Å². The molecule has 4 heteroatoms. The van der Waals surface area contributed by atoms with E-state index in [-0.39, 0.29) is 5.69 Å². The Morgan fingerprint density at radius 3 is 2.71 bits per heavy atom. The Balaban J connectivity index is 2.19. The quantitative estimate of drug-likeness (QED) is 0.879. The van der Waals surface area contributed by atoms with Gasteiger partial charge < -0.3 is 9.67 Å². The van der Waals surface area contributed by atoms with Gasteiger partial charge in [0.2, 0.25) is 0 Å². The monoisotopic (exact) mass is 230 g/mol. The molecule has 1 heterocycles. The van der Waals surface area contributed by atoms with Gasteiger partial charge in [0.05, 0.1) is 6.33 Å². The lowest BCUT2D eigenvalue weighted by Gasteiger charge is -2.05. The molecule has 0 saturated carbocycles.